The average Bonchev–Trinajstić information content (AvgIpc) is 2.63. The molecule has 1 amide bonds. The maximum absolute atomic E-state index is 10.9. The molecule has 14 heavy (non-hydrogen) atoms. The van der Waals surface area contributed by atoms with Crippen LogP contribution in [0.15, 0.2) is 0 Å². The summed E-state index contributed by atoms with van der Waals surface area (Å²) >= 11 is 0. The molecule has 3 aliphatic rings. The van der Waals surface area contributed by atoms with Crippen molar-refractivity contribution in [1.29, 1.82) is 0 Å². The lowest BCUT2D eigenvalue weighted by Gasteiger charge is -2.28. The molecule has 3 heterocycles. The lowest BCUT2D eigenvalue weighted by molar-refractivity contribution is -0.155. The van der Waals surface area contributed by atoms with Gasteiger partial charge in [0.1, 0.15) is 18.2 Å². The topological polar surface area (TPSA) is 80.3 Å². The summed E-state index contributed by atoms with van der Waals surface area (Å²) in [4.78, 5) is 10.9. The van der Waals surface area contributed by atoms with Gasteiger partial charge in [-0.15, -0.1) is 0 Å². The summed E-state index contributed by atoms with van der Waals surface area (Å²) in [5.74, 6) is -1.52. The Morgan fingerprint density at radius 2 is 2.43 bits per heavy atom. The van der Waals surface area contributed by atoms with Crippen molar-refractivity contribution in [2.24, 2.45) is 0 Å². The van der Waals surface area contributed by atoms with Crippen molar-refractivity contribution < 1.29 is 24.1 Å². The van der Waals surface area contributed by atoms with E-state index < -0.39 is 18.1 Å². The zero-order valence-electron chi connectivity index (χ0n) is 7.60. The van der Waals surface area contributed by atoms with Crippen LogP contribution < -0.4 is 5.32 Å². The Hall–Kier alpha value is -0.690. The van der Waals surface area contributed by atoms with Crippen molar-refractivity contribution in [3.8, 4) is 0 Å². The van der Waals surface area contributed by atoms with E-state index in [0.717, 1.165) is 0 Å². The summed E-state index contributed by atoms with van der Waals surface area (Å²) in [6.45, 7) is 1.79. The van der Waals surface area contributed by atoms with E-state index in [0.29, 0.717) is 6.61 Å². The summed E-state index contributed by atoms with van der Waals surface area (Å²) in [6, 6.07) is -0.622. The molecule has 3 aliphatic heterocycles. The number of hydrogen-bond donors (Lipinski definition) is 2. The number of hydrogen-bond acceptors (Lipinski definition) is 5. The standard InChI is InChI=1S/C8H11NO5/c1-3(10)9-5-7-12-2-4(13-7)6-8(5,11)14-6/h4-7,11H,2H2,1H3,(H,9,10)/t4?,5?,6-,7?,8-/m0/s1. The molecule has 0 saturated carbocycles. The average molecular weight is 201 g/mol. The number of nitrogens with one attached hydrogen (secondary N) is 1. The lowest BCUT2D eigenvalue weighted by Crippen LogP contribution is -2.57. The van der Waals surface area contributed by atoms with E-state index in [1.54, 1.807) is 0 Å². The maximum Gasteiger partial charge on any atom is 0.221 e. The molecule has 0 aromatic heterocycles. The van der Waals surface area contributed by atoms with Gasteiger partial charge in [-0.2, -0.15) is 0 Å². The molecule has 6 heteroatoms. The molecule has 2 N–H and O–H groups in total. The first-order valence-corrected chi connectivity index (χ1v) is 4.55. The number of carbonyl (C=O) groups is 1. The molecule has 5 atom stereocenters. The van der Waals surface area contributed by atoms with E-state index >= 15 is 0 Å². The van der Waals surface area contributed by atoms with E-state index in [-0.39, 0.29) is 18.1 Å². The summed E-state index contributed by atoms with van der Waals surface area (Å²) in [5.41, 5.74) is 0. The molecule has 0 radical (unpaired) electrons. The van der Waals surface area contributed by atoms with Crippen molar-refractivity contribution in [3.05, 3.63) is 0 Å². The fourth-order valence-corrected chi connectivity index (χ4v) is 2.12. The molecule has 78 valence electrons. The monoisotopic (exact) mass is 201 g/mol. The molecule has 2 bridgehead atoms. The van der Waals surface area contributed by atoms with Crippen molar-refractivity contribution in [1.82, 2.24) is 5.32 Å². The summed E-state index contributed by atoms with van der Waals surface area (Å²) in [6.07, 6.45) is -1.15. The molecular formula is C8H11NO5. The van der Waals surface area contributed by atoms with Crippen molar-refractivity contribution in [2.75, 3.05) is 6.61 Å². The van der Waals surface area contributed by atoms with Gasteiger partial charge in [0.05, 0.1) is 6.61 Å². The highest BCUT2D eigenvalue weighted by molar-refractivity contribution is 5.73. The molecule has 0 aliphatic carbocycles. The number of epoxide rings is 1. The van der Waals surface area contributed by atoms with Crippen LogP contribution >= 0.6 is 0 Å². The predicted molar refractivity (Wildman–Crippen MR) is 42.0 cm³/mol. The van der Waals surface area contributed by atoms with Crippen molar-refractivity contribution >= 4 is 5.91 Å². The van der Waals surface area contributed by atoms with Crippen LogP contribution in [0.4, 0.5) is 0 Å². The predicted octanol–water partition coefficient (Wildman–Crippen LogP) is -1.67. The van der Waals surface area contributed by atoms with Crippen LogP contribution in [-0.2, 0) is 19.0 Å². The smallest absolute Gasteiger partial charge is 0.221 e. The first kappa shape index (κ1) is 8.60. The van der Waals surface area contributed by atoms with Gasteiger partial charge in [0, 0.05) is 6.92 Å². The molecule has 3 fully saturated rings. The third kappa shape index (κ3) is 0.964. The highest BCUT2D eigenvalue weighted by atomic mass is 16.8. The highest BCUT2D eigenvalue weighted by Gasteiger charge is 2.72. The molecular weight excluding hydrogens is 190 g/mol. The van der Waals surface area contributed by atoms with E-state index in [1.165, 1.54) is 6.92 Å². The molecule has 0 aromatic rings. The van der Waals surface area contributed by atoms with Gasteiger partial charge in [-0.05, 0) is 0 Å². The summed E-state index contributed by atoms with van der Waals surface area (Å²) in [5, 5.41) is 12.5. The first-order chi connectivity index (χ1) is 6.61. The maximum atomic E-state index is 10.9. The molecule has 6 nitrogen and oxygen atoms in total. The van der Waals surface area contributed by atoms with Gasteiger partial charge in [0.25, 0.3) is 0 Å². The fraction of sp³-hybridized carbons (Fsp3) is 0.875. The summed E-state index contributed by atoms with van der Waals surface area (Å²) < 4.78 is 15.8. The van der Waals surface area contributed by atoms with Gasteiger partial charge in [-0.25, -0.2) is 0 Å². The zero-order valence-corrected chi connectivity index (χ0v) is 7.60. The van der Waals surface area contributed by atoms with E-state index in [1.807, 2.05) is 0 Å². The number of amides is 1. The van der Waals surface area contributed by atoms with Crippen molar-refractivity contribution in [2.45, 2.75) is 37.3 Å². The molecule has 0 spiro atoms. The van der Waals surface area contributed by atoms with Crippen LogP contribution in [0.2, 0.25) is 0 Å². The molecule has 0 aromatic carbocycles. The van der Waals surface area contributed by atoms with Crippen LogP contribution in [0.5, 0.6) is 0 Å². The number of fused-ring (bicyclic) bond motifs is 4. The van der Waals surface area contributed by atoms with E-state index in [9.17, 15) is 9.90 Å². The minimum absolute atomic E-state index is 0.199. The first-order valence-electron chi connectivity index (χ1n) is 4.55. The second-order valence-corrected chi connectivity index (χ2v) is 3.84. The number of ether oxygens (including phenoxy) is 3. The Bertz CT molecular complexity index is 295. The van der Waals surface area contributed by atoms with E-state index in [2.05, 4.69) is 5.32 Å². The number of rotatable bonds is 1. The molecule has 3 rings (SSSR count). The minimum atomic E-state index is -1.28. The minimum Gasteiger partial charge on any atom is -0.362 e. The Kier molecular flexibility index (Phi) is 1.51. The van der Waals surface area contributed by atoms with Crippen LogP contribution in [0.1, 0.15) is 6.92 Å². The molecule has 3 unspecified atom stereocenters. The van der Waals surface area contributed by atoms with E-state index in [4.69, 9.17) is 14.2 Å². The third-order valence-electron chi connectivity index (χ3n) is 2.81. The second-order valence-electron chi connectivity index (χ2n) is 3.84. The zero-order chi connectivity index (χ0) is 9.92. The Morgan fingerprint density at radius 1 is 1.64 bits per heavy atom. The molecule has 3 saturated heterocycles. The summed E-state index contributed by atoms with van der Waals surface area (Å²) in [7, 11) is 0. The highest BCUT2D eigenvalue weighted by Crippen LogP contribution is 2.48. The lowest BCUT2D eigenvalue weighted by atomic mass is 10.0. The quantitative estimate of drug-likeness (QED) is 0.496. The number of aliphatic hydroxyl groups is 1. The largest absolute Gasteiger partial charge is 0.362 e. The Labute approximate surface area is 80.1 Å². The van der Waals surface area contributed by atoms with Gasteiger partial charge in [0.15, 0.2) is 6.29 Å². The van der Waals surface area contributed by atoms with Gasteiger partial charge < -0.3 is 24.6 Å². The normalized spacial score (nSPS) is 53.9. The van der Waals surface area contributed by atoms with Crippen LogP contribution in [0.3, 0.4) is 0 Å². The third-order valence-corrected chi connectivity index (χ3v) is 2.81. The van der Waals surface area contributed by atoms with Crippen LogP contribution in [-0.4, -0.2) is 47.9 Å². The second kappa shape index (κ2) is 2.46. The number of carbonyl (C=O) groups excluding carboxylic acids is 1. The van der Waals surface area contributed by atoms with Gasteiger partial charge in [-0.1, -0.05) is 0 Å². The van der Waals surface area contributed by atoms with Gasteiger partial charge >= 0.3 is 0 Å². The fourth-order valence-electron chi connectivity index (χ4n) is 2.12. The SMILES string of the molecule is CC(=O)NC1C2OCC(O2)[C@@H]2O[C@@]12O. The van der Waals surface area contributed by atoms with Gasteiger partial charge in [-0.3, -0.25) is 4.79 Å². The Morgan fingerprint density at radius 3 is 3.14 bits per heavy atom. The Balaban J connectivity index is 1.84. The van der Waals surface area contributed by atoms with Crippen LogP contribution in [0, 0.1) is 0 Å². The van der Waals surface area contributed by atoms with Gasteiger partial charge in [0.2, 0.25) is 11.7 Å². The van der Waals surface area contributed by atoms with Crippen LogP contribution in [0.25, 0.3) is 0 Å². The van der Waals surface area contributed by atoms with Crippen molar-refractivity contribution in [3.63, 3.8) is 0 Å².